The van der Waals surface area contributed by atoms with E-state index < -0.39 is 6.04 Å². The summed E-state index contributed by atoms with van der Waals surface area (Å²) in [7, 11) is 4.19. The summed E-state index contributed by atoms with van der Waals surface area (Å²) in [6.07, 6.45) is 6.18. The first kappa shape index (κ1) is 21.4. The molecule has 1 fully saturated rings. The van der Waals surface area contributed by atoms with E-state index in [0.717, 1.165) is 18.4 Å². The summed E-state index contributed by atoms with van der Waals surface area (Å²) < 4.78 is 0. The van der Waals surface area contributed by atoms with Crippen molar-refractivity contribution in [2.24, 2.45) is 5.92 Å². The van der Waals surface area contributed by atoms with Crippen molar-refractivity contribution >= 4 is 11.8 Å². The summed E-state index contributed by atoms with van der Waals surface area (Å²) in [5.41, 5.74) is 0.982. The molecule has 0 aromatic heterocycles. The van der Waals surface area contributed by atoms with Crippen LogP contribution in [0.3, 0.4) is 0 Å². The van der Waals surface area contributed by atoms with Gasteiger partial charge in [0.15, 0.2) is 0 Å². The third kappa shape index (κ3) is 6.06. The van der Waals surface area contributed by atoms with Crippen LogP contribution in [0.4, 0.5) is 0 Å². The molecule has 0 spiro atoms. The molecule has 0 aliphatic heterocycles. The SMILES string of the molecule is CC(C)[C@@H](NC(=O)Cc1ccccc1)C(=O)NCC1(N(C)C)CCCCC1. The molecule has 5 nitrogen and oxygen atoms in total. The average molecular weight is 374 g/mol. The van der Waals surface area contributed by atoms with Crippen LogP contribution in [0.1, 0.15) is 51.5 Å². The quantitative estimate of drug-likeness (QED) is 0.737. The Kier molecular flexibility index (Phi) is 7.84. The third-order valence-electron chi connectivity index (χ3n) is 5.80. The van der Waals surface area contributed by atoms with Gasteiger partial charge in [-0.05, 0) is 38.4 Å². The fourth-order valence-electron chi connectivity index (χ4n) is 3.89. The molecular weight excluding hydrogens is 338 g/mol. The molecule has 1 aromatic carbocycles. The number of hydrogen-bond acceptors (Lipinski definition) is 3. The lowest BCUT2D eigenvalue weighted by Gasteiger charge is -2.43. The van der Waals surface area contributed by atoms with Gasteiger partial charge >= 0.3 is 0 Å². The van der Waals surface area contributed by atoms with Crippen LogP contribution in [0.15, 0.2) is 30.3 Å². The normalized spacial score (nSPS) is 17.6. The van der Waals surface area contributed by atoms with Gasteiger partial charge in [0.2, 0.25) is 11.8 Å². The topological polar surface area (TPSA) is 61.4 Å². The highest BCUT2D eigenvalue weighted by molar-refractivity contribution is 5.88. The first-order chi connectivity index (χ1) is 12.8. The zero-order valence-corrected chi connectivity index (χ0v) is 17.3. The maximum absolute atomic E-state index is 12.8. The van der Waals surface area contributed by atoms with E-state index in [2.05, 4.69) is 29.6 Å². The van der Waals surface area contributed by atoms with Crippen molar-refractivity contribution in [3.8, 4) is 0 Å². The van der Waals surface area contributed by atoms with Gasteiger partial charge in [0.05, 0.1) is 6.42 Å². The molecule has 2 amide bonds. The van der Waals surface area contributed by atoms with E-state index in [9.17, 15) is 9.59 Å². The van der Waals surface area contributed by atoms with E-state index in [0.29, 0.717) is 13.0 Å². The minimum absolute atomic E-state index is 0.0312. The molecule has 0 bridgehead atoms. The van der Waals surface area contributed by atoms with E-state index in [1.165, 1.54) is 19.3 Å². The van der Waals surface area contributed by atoms with Crippen molar-refractivity contribution < 1.29 is 9.59 Å². The summed E-state index contributed by atoms with van der Waals surface area (Å²) in [6.45, 7) is 4.57. The minimum Gasteiger partial charge on any atom is -0.352 e. The van der Waals surface area contributed by atoms with E-state index >= 15 is 0 Å². The molecule has 2 rings (SSSR count). The number of carbonyl (C=O) groups is 2. The number of amides is 2. The van der Waals surface area contributed by atoms with Gasteiger partial charge in [-0.2, -0.15) is 0 Å². The van der Waals surface area contributed by atoms with Crippen molar-refractivity contribution in [2.45, 2.75) is 64.0 Å². The maximum Gasteiger partial charge on any atom is 0.242 e. The second-order valence-corrected chi connectivity index (χ2v) is 8.35. The number of likely N-dealkylation sites (N-methyl/N-ethyl adjacent to an activating group) is 1. The molecule has 1 aliphatic rings. The number of carbonyl (C=O) groups excluding carboxylic acids is 2. The van der Waals surface area contributed by atoms with Gasteiger partial charge in [-0.15, -0.1) is 0 Å². The van der Waals surface area contributed by atoms with Crippen LogP contribution in [0, 0.1) is 5.92 Å². The van der Waals surface area contributed by atoms with Crippen molar-refractivity contribution in [1.29, 1.82) is 0 Å². The van der Waals surface area contributed by atoms with Gasteiger partial charge in [-0.3, -0.25) is 9.59 Å². The first-order valence-corrected chi connectivity index (χ1v) is 10.1. The fraction of sp³-hybridized carbons (Fsp3) is 0.636. The molecule has 0 heterocycles. The largest absolute Gasteiger partial charge is 0.352 e. The molecule has 2 N–H and O–H groups in total. The van der Waals surface area contributed by atoms with E-state index in [1.807, 2.05) is 44.2 Å². The van der Waals surface area contributed by atoms with Crippen LogP contribution in [-0.2, 0) is 16.0 Å². The highest BCUT2D eigenvalue weighted by Crippen LogP contribution is 2.31. The molecule has 1 aliphatic carbocycles. The Morgan fingerprint density at radius 2 is 1.70 bits per heavy atom. The minimum atomic E-state index is -0.510. The number of nitrogens with zero attached hydrogens (tertiary/aromatic N) is 1. The fourth-order valence-corrected chi connectivity index (χ4v) is 3.89. The zero-order valence-electron chi connectivity index (χ0n) is 17.3. The summed E-state index contributed by atoms with van der Waals surface area (Å²) >= 11 is 0. The Bertz CT molecular complexity index is 607. The number of rotatable bonds is 8. The van der Waals surface area contributed by atoms with Crippen molar-refractivity contribution in [3.05, 3.63) is 35.9 Å². The number of hydrogen-bond donors (Lipinski definition) is 2. The predicted octanol–water partition coefficient (Wildman–Crippen LogP) is 2.75. The van der Waals surface area contributed by atoms with Gasteiger partial charge in [0.1, 0.15) is 6.04 Å². The van der Waals surface area contributed by atoms with Crippen molar-refractivity contribution in [3.63, 3.8) is 0 Å². The molecule has 27 heavy (non-hydrogen) atoms. The highest BCUT2D eigenvalue weighted by atomic mass is 16.2. The van der Waals surface area contributed by atoms with Gasteiger partial charge in [0, 0.05) is 12.1 Å². The van der Waals surface area contributed by atoms with Crippen molar-refractivity contribution in [2.75, 3.05) is 20.6 Å². The van der Waals surface area contributed by atoms with E-state index in [-0.39, 0.29) is 23.3 Å². The second-order valence-electron chi connectivity index (χ2n) is 8.35. The third-order valence-corrected chi connectivity index (χ3v) is 5.80. The monoisotopic (exact) mass is 373 g/mol. The van der Waals surface area contributed by atoms with Crippen LogP contribution in [-0.4, -0.2) is 48.9 Å². The molecular formula is C22H35N3O2. The molecule has 1 saturated carbocycles. The van der Waals surface area contributed by atoms with Crippen LogP contribution in [0.5, 0.6) is 0 Å². The van der Waals surface area contributed by atoms with Gasteiger partial charge in [-0.1, -0.05) is 63.4 Å². The van der Waals surface area contributed by atoms with Gasteiger partial charge < -0.3 is 15.5 Å². The average Bonchev–Trinajstić information content (AvgIpc) is 2.65. The smallest absolute Gasteiger partial charge is 0.242 e. The molecule has 5 heteroatoms. The molecule has 1 atom stereocenters. The Morgan fingerprint density at radius 1 is 1.07 bits per heavy atom. The van der Waals surface area contributed by atoms with Crippen molar-refractivity contribution in [1.82, 2.24) is 15.5 Å². The second kappa shape index (κ2) is 9.88. The summed E-state index contributed by atoms with van der Waals surface area (Å²) in [5.74, 6) is -0.167. The maximum atomic E-state index is 12.8. The lowest BCUT2D eigenvalue weighted by molar-refractivity contribution is -0.130. The number of benzene rings is 1. The van der Waals surface area contributed by atoms with Crippen LogP contribution < -0.4 is 10.6 Å². The predicted molar refractivity (Wildman–Crippen MR) is 109 cm³/mol. The highest BCUT2D eigenvalue weighted by Gasteiger charge is 2.35. The summed E-state index contributed by atoms with van der Waals surface area (Å²) in [5, 5.41) is 6.06. The van der Waals surface area contributed by atoms with Gasteiger partial charge in [-0.25, -0.2) is 0 Å². The molecule has 1 aromatic rings. The Labute approximate surface area is 163 Å². The molecule has 150 valence electrons. The standard InChI is InChI=1S/C22H35N3O2/c1-17(2)20(24-19(26)15-18-11-7-5-8-12-18)21(27)23-16-22(25(3)4)13-9-6-10-14-22/h5,7-8,11-12,17,20H,6,9-10,13-16H2,1-4H3,(H,23,27)(H,24,26)/t20-/m1/s1. The lowest BCUT2D eigenvalue weighted by Crippen LogP contribution is -2.57. The Balaban J connectivity index is 1.94. The molecule has 0 radical (unpaired) electrons. The molecule has 0 unspecified atom stereocenters. The van der Waals surface area contributed by atoms with Crippen LogP contribution in [0.25, 0.3) is 0 Å². The van der Waals surface area contributed by atoms with Crippen LogP contribution >= 0.6 is 0 Å². The van der Waals surface area contributed by atoms with Gasteiger partial charge in [0.25, 0.3) is 0 Å². The lowest BCUT2D eigenvalue weighted by atomic mass is 9.80. The molecule has 0 saturated heterocycles. The van der Waals surface area contributed by atoms with E-state index in [1.54, 1.807) is 0 Å². The Morgan fingerprint density at radius 3 is 2.26 bits per heavy atom. The zero-order chi connectivity index (χ0) is 19.9. The first-order valence-electron chi connectivity index (χ1n) is 10.1. The number of nitrogens with one attached hydrogen (secondary N) is 2. The van der Waals surface area contributed by atoms with Crippen LogP contribution in [0.2, 0.25) is 0 Å². The van der Waals surface area contributed by atoms with E-state index in [4.69, 9.17) is 0 Å². The summed E-state index contributed by atoms with van der Waals surface area (Å²) in [6, 6.07) is 9.10. The Hall–Kier alpha value is -1.88. The summed E-state index contributed by atoms with van der Waals surface area (Å²) in [4.78, 5) is 27.5.